The second-order valence-corrected chi connectivity index (χ2v) is 6.00. The van der Waals surface area contributed by atoms with Crippen LogP contribution in [0.5, 0.6) is 5.88 Å². The SMILES string of the molecule is CCCCCn1c(O)c(C(=O)CC(C)C)c(C)c(C#N)c1=O. The number of aromatic nitrogens is 1. The van der Waals surface area contributed by atoms with Crippen LogP contribution in [0.4, 0.5) is 0 Å². The summed E-state index contributed by atoms with van der Waals surface area (Å²) in [4.78, 5) is 24.7. The van der Waals surface area contributed by atoms with E-state index in [4.69, 9.17) is 0 Å². The predicted octanol–water partition coefficient (Wildman–Crippen LogP) is 3.15. The maximum atomic E-state index is 12.4. The third-order valence-corrected chi connectivity index (χ3v) is 3.66. The fraction of sp³-hybridized carbons (Fsp3) is 0.588. The minimum absolute atomic E-state index is 0.0543. The van der Waals surface area contributed by atoms with E-state index in [1.807, 2.05) is 26.8 Å². The van der Waals surface area contributed by atoms with Crippen molar-refractivity contribution in [2.75, 3.05) is 0 Å². The molecule has 0 saturated heterocycles. The topological polar surface area (TPSA) is 83.1 Å². The summed E-state index contributed by atoms with van der Waals surface area (Å²) in [6.45, 7) is 7.72. The maximum absolute atomic E-state index is 12.4. The fourth-order valence-electron chi connectivity index (χ4n) is 2.48. The Hall–Kier alpha value is -2.09. The molecule has 0 saturated carbocycles. The van der Waals surface area contributed by atoms with E-state index in [1.54, 1.807) is 6.92 Å². The Morgan fingerprint density at radius 1 is 1.36 bits per heavy atom. The van der Waals surface area contributed by atoms with Crippen molar-refractivity contribution in [3.63, 3.8) is 0 Å². The smallest absolute Gasteiger partial charge is 0.271 e. The molecule has 0 unspecified atom stereocenters. The first kappa shape index (κ1) is 18.0. The van der Waals surface area contributed by atoms with Crippen molar-refractivity contribution in [3.05, 3.63) is 27.0 Å². The molecule has 1 N–H and O–H groups in total. The van der Waals surface area contributed by atoms with Crippen LogP contribution in [-0.4, -0.2) is 15.5 Å². The second-order valence-electron chi connectivity index (χ2n) is 6.00. The average Bonchev–Trinajstić information content (AvgIpc) is 2.42. The van der Waals surface area contributed by atoms with Crippen LogP contribution in [-0.2, 0) is 6.54 Å². The van der Waals surface area contributed by atoms with E-state index in [0.29, 0.717) is 6.54 Å². The molecule has 0 aromatic carbocycles. The summed E-state index contributed by atoms with van der Waals surface area (Å²) >= 11 is 0. The Bertz CT molecular complexity index is 651. The summed E-state index contributed by atoms with van der Waals surface area (Å²) < 4.78 is 1.16. The largest absolute Gasteiger partial charge is 0.494 e. The van der Waals surface area contributed by atoms with Crippen molar-refractivity contribution in [3.8, 4) is 11.9 Å². The molecule has 0 aliphatic carbocycles. The van der Waals surface area contributed by atoms with E-state index < -0.39 is 5.56 Å². The maximum Gasteiger partial charge on any atom is 0.271 e. The van der Waals surface area contributed by atoms with Crippen molar-refractivity contribution in [2.24, 2.45) is 5.92 Å². The highest BCUT2D eigenvalue weighted by Gasteiger charge is 2.23. The molecule has 5 heteroatoms. The number of Topliss-reactive ketones (excluding diaryl/α,β-unsaturated/α-hetero) is 1. The van der Waals surface area contributed by atoms with Crippen LogP contribution in [0.15, 0.2) is 4.79 Å². The summed E-state index contributed by atoms with van der Waals surface area (Å²) in [6.07, 6.45) is 2.88. The van der Waals surface area contributed by atoms with Crippen LogP contribution in [0.2, 0.25) is 0 Å². The van der Waals surface area contributed by atoms with Crippen molar-refractivity contribution in [1.29, 1.82) is 5.26 Å². The second kappa shape index (κ2) is 7.79. The highest BCUT2D eigenvalue weighted by atomic mass is 16.3. The molecule has 0 bridgehead atoms. The van der Waals surface area contributed by atoms with Crippen LogP contribution in [0.25, 0.3) is 0 Å². The molecule has 0 amide bonds. The first-order valence-electron chi connectivity index (χ1n) is 7.74. The van der Waals surface area contributed by atoms with Gasteiger partial charge in [-0.25, -0.2) is 0 Å². The monoisotopic (exact) mass is 304 g/mol. The number of hydrogen-bond acceptors (Lipinski definition) is 4. The normalized spacial score (nSPS) is 10.7. The number of aromatic hydroxyl groups is 1. The molecular weight excluding hydrogens is 280 g/mol. The summed E-state index contributed by atoms with van der Waals surface area (Å²) in [6, 6.07) is 1.87. The molecule has 0 atom stereocenters. The molecule has 1 rings (SSSR count). The van der Waals surface area contributed by atoms with Crippen molar-refractivity contribution >= 4 is 5.78 Å². The number of nitriles is 1. The highest BCUT2D eigenvalue weighted by molar-refractivity contribution is 6.00. The number of unbranched alkanes of at least 4 members (excludes halogenated alkanes) is 2. The lowest BCUT2D eigenvalue weighted by Crippen LogP contribution is -2.27. The van der Waals surface area contributed by atoms with Gasteiger partial charge in [0.2, 0.25) is 5.88 Å². The number of pyridine rings is 1. The van der Waals surface area contributed by atoms with Crippen LogP contribution in [0.3, 0.4) is 0 Å². The van der Waals surface area contributed by atoms with Gasteiger partial charge in [-0.05, 0) is 24.8 Å². The van der Waals surface area contributed by atoms with Crippen molar-refractivity contribution < 1.29 is 9.90 Å². The van der Waals surface area contributed by atoms with Gasteiger partial charge in [-0.2, -0.15) is 5.26 Å². The fourth-order valence-corrected chi connectivity index (χ4v) is 2.48. The molecule has 0 aliphatic rings. The molecule has 120 valence electrons. The lowest BCUT2D eigenvalue weighted by Gasteiger charge is -2.16. The van der Waals surface area contributed by atoms with Crippen LogP contribution < -0.4 is 5.56 Å². The molecule has 0 aliphatic heterocycles. The Morgan fingerprint density at radius 2 is 2.00 bits per heavy atom. The van der Waals surface area contributed by atoms with Gasteiger partial charge in [-0.15, -0.1) is 0 Å². The van der Waals surface area contributed by atoms with Gasteiger partial charge in [0.05, 0.1) is 5.56 Å². The van der Waals surface area contributed by atoms with Crippen molar-refractivity contribution in [2.45, 2.75) is 59.9 Å². The first-order chi connectivity index (χ1) is 10.3. The highest BCUT2D eigenvalue weighted by Crippen LogP contribution is 2.25. The number of nitrogens with zero attached hydrogens (tertiary/aromatic N) is 2. The minimum Gasteiger partial charge on any atom is -0.494 e. The van der Waals surface area contributed by atoms with Gasteiger partial charge in [0, 0.05) is 13.0 Å². The number of rotatable bonds is 7. The molecule has 5 nitrogen and oxygen atoms in total. The standard InChI is InChI=1S/C17H24N2O3/c1-5-6-7-8-19-16(21)13(10-18)12(4)15(17(19)22)14(20)9-11(2)3/h11,22H,5-9H2,1-4H3. The molecule has 0 fully saturated rings. The Labute approximate surface area is 131 Å². The van der Waals surface area contributed by atoms with E-state index in [0.717, 1.165) is 23.8 Å². The number of hydrogen-bond donors (Lipinski definition) is 1. The Balaban J connectivity index is 3.44. The number of ketones is 1. The minimum atomic E-state index is -0.519. The summed E-state index contributed by atoms with van der Waals surface area (Å²) in [5.74, 6) is -0.397. The van der Waals surface area contributed by atoms with Gasteiger partial charge in [0.25, 0.3) is 5.56 Å². The molecule has 1 aromatic rings. The van der Waals surface area contributed by atoms with Gasteiger partial charge in [0.1, 0.15) is 11.6 Å². The van der Waals surface area contributed by atoms with E-state index in [-0.39, 0.29) is 40.7 Å². The predicted molar refractivity (Wildman–Crippen MR) is 85.1 cm³/mol. The van der Waals surface area contributed by atoms with Crippen molar-refractivity contribution in [1.82, 2.24) is 4.57 Å². The van der Waals surface area contributed by atoms with Gasteiger partial charge < -0.3 is 5.11 Å². The lowest BCUT2D eigenvalue weighted by atomic mass is 9.96. The lowest BCUT2D eigenvalue weighted by molar-refractivity contribution is 0.0962. The Kier molecular flexibility index (Phi) is 6.36. The third kappa shape index (κ3) is 3.76. The molecule has 0 spiro atoms. The number of carbonyl (C=O) groups excluding carboxylic acids is 1. The molecule has 22 heavy (non-hydrogen) atoms. The summed E-state index contributed by atoms with van der Waals surface area (Å²) in [7, 11) is 0. The third-order valence-electron chi connectivity index (χ3n) is 3.66. The zero-order chi connectivity index (χ0) is 16.9. The zero-order valence-electron chi connectivity index (χ0n) is 13.8. The van der Waals surface area contributed by atoms with E-state index >= 15 is 0 Å². The van der Waals surface area contributed by atoms with Crippen LogP contribution >= 0.6 is 0 Å². The molecular formula is C17H24N2O3. The van der Waals surface area contributed by atoms with Crippen LogP contribution in [0.1, 0.15) is 67.9 Å². The van der Waals surface area contributed by atoms with E-state index in [9.17, 15) is 20.0 Å². The zero-order valence-corrected chi connectivity index (χ0v) is 13.8. The average molecular weight is 304 g/mol. The summed E-state index contributed by atoms with van der Waals surface area (Å²) in [5.41, 5.74) is -0.181. The number of carbonyl (C=O) groups is 1. The van der Waals surface area contributed by atoms with Crippen LogP contribution in [0, 0.1) is 24.2 Å². The quantitative estimate of drug-likeness (QED) is 0.619. The van der Waals surface area contributed by atoms with Gasteiger partial charge in [-0.3, -0.25) is 14.2 Å². The molecule has 1 heterocycles. The molecule has 1 aromatic heterocycles. The van der Waals surface area contributed by atoms with E-state index in [1.165, 1.54) is 0 Å². The van der Waals surface area contributed by atoms with Gasteiger partial charge in [-0.1, -0.05) is 33.6 Å². The van der Waals surface area contributed by atoms with E-state index in [2.05, 4.69) is 0 Å². The van der Waals surface area contributed by atoms with Gasteiger partial charge in [0.15, 0.2) is 5.78 Å². The summed E-state index contributed by atoms with van der Waals surface area (Å²) in [5, 5.41) is 19.6. The first-order valence-corrected chi connectivity index (χ1v) is 7.74. The van der Waals surface area contributed by atoms with Gasteiger partial charge >= 0.3 is 0 Å². The molecule has 0 radical (unpaired) electrons. The Morgan fingerprint density at radius 3 is 2.50 bits per heavy atom.